The van der Waals surface area contributed by atoms with E-state index < -0.39 is 22.0 Å². The number of carbonyl (C=O) groups is 1. The maximum absolute atomic E-state index is 12.3. The van der Waals surface area contributed by atoms with Gasteiger partial charge in [0.2, 0.25) is 5.96 Å². The summed E-state index contributed by atoms with van der Waals surface area (Å²) < 4.78 is 26.9. The zero-order chi connectivity index (χ0) is 18.7. The molecule has 0 saturated heterocycles. The molecule has 0 unspecified atom stereocenters. The van der Waals surface area contributed by atoms with E-state index >= 15 is 0 Å². The topological polar surface area (TPSA) is 111 Å². The second-order valence-corrected chi connectivity index (χ2v) is 8.04. The van der Waals surface area contributed by atoms with Crippen LogP contribution in [0.25, 0.3) is 21.2 Å². The zero-order valence-corrected chi connectivity index (χ0v) is 15.3. The van der Waals surface area contributed by atoms with E-state index in [1.165, 1.54) is 11.3 Å². The van der Waals surface area contributed by atoms with Crippen molar-refractivity contribution in [3.05, 3.63) is 59.5 Å². The number of rotatable bonds is 4. The number of oxime groups is 1. The molecule has 3 N–H and O–H groups in total. The summed E-state index contributed by atoms with van der Waals surface area (Å²) in [6.07, 6.45) is 0.822. The van der Waals surface area contributed by atoms with Crippen molar-refractivity contribution in [2.24, 2.45) is 10.9 Å². The van der Waals surface area contributed by atoms with Gasteiger partial charge in [-0.3, -0.25) is 14.4 Å². The summed E-state index contributed by atoms with van der Waals surface area (Å²) in [6.45, 7) is 0. The summed E-state index contributed by atoms with van der Waals surface area (Å²) in [4.78, 5) is 12.7. The van der Waals surface area contributed by atoms with Gasteiger partial charge >= 0.3 is 10.1 Å². The second kappa shape index (κ2) is 7.14. The van der Waals surface area contributed by atoms with Crippen molar-refractivity contribution in [3.8, 4) is 11.1 Å². The third-order valence-corrected chi connectivity index (χ3v) is 4.83. The largest absolute Gasteiger partial charge is 0.367 e. The highest BCUT2D eigenvalue weighted by Crippen LogP contribution is 2.34. The lowest BCUT2D eigenvalue weighted by atomic mass is 10.0. The van der Waals surface area contributed by atoms with Gasteiger partial charge < -0.3 is 5.73 Å². The van der Waals surface area contributed by atoms with Crippen LogP contribution in [0.2, 0.25) is 0 Å². The predicted molar refractivity (Wildman–Crippen MR) is 102 cm³/mol. The van der Waals surface area contributed by atoms with Gasteiger partial charge in [-0.1, -0.05) is 42.5 Å². The maximum atomic E-state index is 12.3. The van der Waals surface area contributed by atoms with Crippen LogP contribution in [-0.4, -0.2) is 26.5 Å². The number of carbonyl (C=O) groups excluding carboxylic acids is 1. The van der Waals surface area contributed by atoms with Gasteiger partial charge in [0.1, 0.15) is 0 Å². The first kappa shape index (κ1) is 17.9. The van der Waals surface area contributed by atoms with Crippen molar-refractivity contribution in [2.75, 3.05) is 6.26 Å². The molecule has 3 aromatic rings. The Balaban J connectivity index is 1.89. The summed E-state index contributed by atoms with van der Waals surface area (Å²) in [5.41, 5.74) is 7.53. The van der Waals surface area contributed by atoms with E-state index in [4.69, 9.17) is 5.73 Å². The van der Waals surface area contributed by atoms with Crippen LogP contribution in [0.15, 0.2) is 59.8 Å². The van der Waals surface area contributed by atoms with E-state index in [0.717, 1.165) is 27.5 Å². The smallest absolute Gasteiger partial charge is 0.325 e. The molecule has 0 radical (unpaired) electrons. The molecule has 2 aromatic carbocycles. The van der Waals surface area contributed by atoms with Gasteiger partial charge in [-0.15, -0.1) is 11.3 Å². The summed E-state index contributed by atoms with van der Waals surface area (Å²) in [7, 11) is -3.79. The molecule has 1 heterocycles. The predicted octanol–water partition coefficient (Wildman–Crippen LogP) is 2.50. The number of hydrogen-bond donors (Lipinski definition) is 2. The normalized spacial score (nSPS) is 12.1. The van der Waals surface area contributed by atoms with Crippen molar-refractivity contribution in [1.29, 1.82) is 0 Å². The zero-order valence-electron chi connectivity index (χ0n) is 13.7. The van der Waals surface area contributed by atoms with E-state index in [1.807, 2.05) is 48.5 Å². The first-order valence-corrected chi connectivity index (χ1v) is 10.1. The minimum absolute atomic E-state index is 0.417. The number of nitrogens with two attached hydrogens (primary N) is 1. The van der Waals surface area contributed by atoms with Crippen LogP contribution in [0.4, 0.5) is 0 Å². The lowest BCUT2D eigenvalue weighted by Crippen LogP contribution is -2.36. The highest BCUT2D eigenvalue weighted by atomic mass is 32.2. The van der Waals surface area contributed by atoms with Crippen LogP contribution in [0.5, 0.6) is 0 Å². The molecule has 0 aliphatic carbocycles. The molecule has 3 rings (SSSR count). The fourth-order valence-corrected chi connectivity index (χ4v) is 3.55. The molecule has 26 heavy (non-hydrogen) atoms. The number of guanidine groups is 1. The Hall–Kier alpha value is -2.91. The van der Waals surface area contributed by atoms with Crippen LogP contribution in [0.1, 0.15) is 9.67 Å². The van der Waals surface area contributed by atoms with Crippen molar-refractivity contribution in [1.82, 2.24) is 5.32 Å². The minimum atomic E-state index is -3.79. The van der Waals surface area contributed by atoms with Crippen LogP contribution in [0, 0.1) is 0 Å². The fourth-order valence-electron chi connectivity index (χ4n) is 2.35. The molecule has 0 atom stereocenters. The number of thiophene rings is 1. The molecule has 0 bridgehead atoms. The van der Waals surface area contributed by atoms with Crippen LogP contribution >= 0.6 is 11.3 Å². The molecule has 0 spiro atoms. The van der Waals surface area contributed by atoms with Gasteiger partial charge in [-0.2, -0.15) is 8.42 Å². The molecule has 1 amide bonds. The molecule has 0 aliphatic rings. The van der Waals surface area contributed by atoms with Gasteiger partial charge in [0, 0.05) is 10.1 Å². The fraction of sp³-hybridized carbons (Fsp3) is 0.0588. The van der Waals surface area contributed by atoms with E-state index in [2.05, 4.69) is 14.8 Å². The Labute approximate surface area is 154 Å². The third kappa shape index (κ3) is 4.19. The molecule has 0 saturated carbocycles. The Bertz CT molecular complexity index is 1090. The highest BCUT2D eigenvalue weighted by molar-refractivity contribution is 7.85. The van der Waals surface area contributed by atoms with E-state index in [-0.39, 0.29) is 0 Å². The lowest BCUT2D eigenvalue weighted by Gasteiger charge is -2.02. The Morgan fingerprint density at radius 1 is 1.15 bits per heavy atom. The number of hydrogen-bond acceptors (Lipinski definition) is 6. The molecule has 9 heteroatoms. The molecule has 0 fully saturated rings. The molecule has 134 valence electrons. The molecular formula is C17H15N3O4S2. The molecule has 7 nitrogen and oxygen atoms in total. The highest BCUT2D eigenvalue weighted by Gasteiger charge is 2.14. The summed E-state index contributed by atoms with van der Waals surface area (Å²) in [6, 6.07) is 17.5. The van der Waals surface area contributed by atoms with Gasteiger partial charge in [0.25, 0.3) is 5.91 Å². The van der Waals surface area contributed by atoms with Gasteiger partial charge in [-0.05, 0) is 28.4 Å². The van der Waals surface area contributed by atoms with Crippen molar-refractivity contribution in [2.45, 2.75) is 0 Å². The minimum Gasteiger partial charge on any atom is -0.367 e. The van der Waals surface area contributed by atoms with Gasteiger partial charge in [0.15, 0.2) is 0 Å². The van der Waals surface area contributed by atoms with Gasteiger partial charge in [0.05, 0.1) is 11.1 Å². The Kier molecular flexibility index (Phi) is 4.92. The molecule has 0 aliphatic heterocycles. The molecule has 1 aromatic heterocycles. The standard InChI is InChI=1S/C17H15N3O4S2/c1-26(22,23)24-20-17(18)19-16(21)15-10-13-12(8-5-9-14(13)25-15)11-6-3-2-4-7-11/h2-10H,1H3,(H3,18,19,20,21). The SMILES string of the molecule is CS(=O)(=O)ON=C(N)NC(=O)c1cc2c(-c3ccccc3)cccc2s1. The monoisotopic (exact) mass is 389 g/mol. The Morgan fingerprint density at radius 2 is 1.88 bits per heavy atom. The third-order valence-electron chi connectivity index (χ3n) is 3.38. The second-order valence-electron chi connectivity index (χ2n) is 5.40. The first-order valence-electron chi connectivity index (χ1n) is 7.45. The average Bonchev–Trinajstić information content (AvgIpc) is 3.04. The maximum Gasteiger partial charge on any atom is 0.325 e. The van der Waals surface area contributed by atoms with E-state index in [9.17, 15) is 13.2 Å². The summed E-state index contributed by atoms with van der Waals surface area (Å²) in [5, 5.41) is 6.40. The number of amides is 1. The number of benzene rings is 2. The number of fused-ring (bicyclic) bond motifs is 1. The van der Waals surface area contributed by atoms with Crippen molar-refractivity contribution < 1.29 is 17.5 Å². The van der Waals surface area contributed by atoms with Crippen LogP contribution in [0.3, 0.4) is 0 Å². The molecular weight excluding hydrogens is 374 g/mol. The number of nitrogens with one attached hydrogen (secondary N) is 1. The quantitative estimate of drug-likeness (QED) is 0.405. The van der Waals surface area contributed by atoms with Crippen LogP contribution < -0.4 is 11.1 Å². The average molecular weight is 389 g/mol. The summed E-state index contributed by atoms with van der Waals surface area (Å²) in [5.74, 6) is -0.940. The number of nitrogens with zero attached hydrogens (tertiary/aromatic N) is 1. The Morgan fingerprint density at radius 3 is 2.58 bits per heavy atom. The van der Waals surface area contributed by atoms with Crippen molar-refractivity contribution >= 4 is 43.4 Å². The van der Waals surface area contributed by atoms with E-state index in [0.29, 0.717) is 4.88 Å². The first-order chi connectivity index (χ1) is 12.3. The van der Waals surface area contributed by atoms with E-state index in [1.54, 1.807) is 6.07 Å². The van der Waals surface area contributed by atoms with Crippen molar-refractivity contribution in [3.63, 3.8) is 0 Å². The van der Waals surface area contributed by atoms with Crippen LogP contribution in [-0.2, 0) is 14.4 Å². The van der Waals surface area contributed by atoms with Gasteiger partial charge in [-0.25, -0.2) is 0 Å². The summed E-state index contributed by atoms with van der Waals surface area (Å²) >= 11 is 1.30. The lowest BCUT2D eigenvalue weighted by molar-refractivity contribution is 0.0979.